The highest BCUT2D eigenvalue weighted by Crippen LogP contribution is 2.37. The van der Waals surface area contributed by atoms with Gasteiger partial charge in [-0.3, -0.25) is 4.98 Å². The summed E-state index contributed by atoms with van der Waals surface area (Å²) in [5.74, 6) is -0.119. The third-order valence-corrected chi connectivity index (χ3v) is 4.16. The Kier molecular flexibility index (Phi) is 3.79. The van der Waals surface area contributed by atoms with E-state index in [9.17, 15) is 9.50 Å². The van der Waals surface area contributed by atoms with Gasteiger partial charge in [-0.05, 0) is 48.8 Å². The Bertz CT molecular complexity index is 599. The lowest BCUT2D eigenvalue weighted by molar-refractivity contribution is 0.149. The van der Waals surface area contributed by atoms with Gasteiger partial charge < -0.3 is 5.11 Å². The molecule has 1 aromatic heterocycles. The van der Waals surface area contributed by atoms with Crippen LogP contribution in [0.4, 0.5) is 4.39 Å². The van der Waals surface area contributed by atoms with Crippen molar-refractivity contribution < 1.29 is 9.50 Å². The molecule has 1 aromatic carbocycles. The number of benzene rings is 1. The van der Waals surface area contributed by atoms with E-state index in [0.717, 1.165) is 25.5 Å². The molecule has 0 radical (unpaired) electrons. The molecule has 0 aliphatic heterocycles. The number of hydrogen-bond acceptors (Lipinski definition) is 2. The summed E-state index contributed by atoms with van der Waals surface area (Å²) in [4.78, 5) is 3.72. The van der Waals surface area contributed by atoms with Crippen molar-refractivity contribution in [2.24, 2.45) is 0 Å². The number of nitrogens with zero attached hydrogens (tertiary/aromatic N) is 1. The molecule has 1 aliphatic rings. The van der Waals surface area contributed by atoms with Crippen LogP contribution in [0.25, 0.3) is 0 Å². The molecule has 3 heteroatoms. The molecule has 1 heterocycles. The van der Waals surface area contributed by atoms with Crippen LogP contribution in [0.2, 0.25) is 0 Å². The van der Waals surface area contributed by atoms with E-state index in [1.54, 1.807) is 6.07 Å². The molecule has 0 amide bonds. The summed E-state index contributed by atoms with van der Waals surface area (Å²) in [5, 5.41) is 10.3. The van der Waals surface area contributed by atoms with Crippen LogP contribution < -0.4 is 0 Å². The summed E-state index contributed by atoms with van der Waals surface area (Å²) in [7, 11) is 0. The van der Waals surface area contributed by atoms with E-state index in [0.29, 0.717) is 17.9 Å². The van der Waals surface area contributed by atoms with Crippen molar-refractivity contribution in [3.63, 3.8) is 0 Å². The SMILES string of the molecule is OC(CC1CCCc2ccccc21)c1ccncc1F. The van der Waals surface area contributed by atoms with Gasteiger partial charge in [0.1, 0.15) is 5.82 Å². The average molecular weight is 271 g/mol. The Hall–Kier alpha value is -1.74. The van der Waals surface area contributed by atoms with Crippen LogP contribution in [-0.4, -0.2) is 10.1 Å². The Morgan fingerprint density at radius 2 is 2.15 bits per heavy atom. The molecule has 1 aliphatic carbocycles. The minimum absolute atomic E-state index is 0.308. The predicted octanol–water partition coefficient (Wildman–Crippen LogP) is 3.76. The summed E-state index contributed by atoms with van der Waals surface area (Å²) in [5.41, 5.74) is 3.03. The fourth-order valence-electron chi connectivity index (χ4n) is 3.15. The van der Waals surface area contributed by atoms with Gasteiger partial charge in [-0.25, -0.2) is 4.39 Å². The first-order chi connectivity index (χ1) is 9.75. The molecule has 0 bridgehead atoms. The lowest BCUT2D eigenvalue weighted by Crippen LogP contribution is -2.13. The first-order valence-electron chi connectivity index (χ1n) is 7.11. The number of aryl methyl sites for hydroxylation is 1. The maximum absolute atomic E-state index is 13.7. The molecule has 104 valence electrons. The molecule has 0 saturated carbocycles. The summed E-state index contributed by atoms with van der Waals surface area (Å²) in [6, 6.07) is 9.95. The van der Waals surface area contributed by atoms with Crippen molar-refractivity contribution in [3.8, 4) is 0 Å². The number of halogens is 1. The average Bonchev–Trinajstić information content (AvgIpc) is 2.48. The number of pyridine rings is 1. The summed E-state index contributed by atoms with van der Waals surface area (Å²) < 4.78 is 13.7. The molecule has 2 nitrogen and oxygen atoms in total. The van der Waals surface area contributed by atoms with Crippen LogP contribution in [0.5, 0.6) is 0 Å². The van der Waals surface area contributed by atoms with E-state index in [-0.39, 0.29) is 0 Å². The van der Waals surface area contributed by atoms with Gasteiger partial charge in [-0.2, -0.15) is 0 Å². The Balaban J connectivity index is 1.81. The third kappa shape index (κ3) is 2.59. The van der Waals surface area contributed by atoms with Gasteiger partial charge in [-0.15, -0.1) is 0 Å². The van der Waals surface area contributed by atoms with E-state index < -0.39 is 11.9 Å². The Morgan fingerprint density at radius 1 is 1.30 bits per heavy atom. The summed E-state index contributed by atoms with van der Waals surface area (Å²) >= 11 is 0. The predicted molar refractivity (Wildman–Crippen MR) is 75.9 cm³/mol. The van der Waals surface area contributed by atoms with Crippen molar-refractivity contribution in [1.29, 1.82) is 0 Å². The highest BCUT2D eigenvalue weighted by Gasteiger charge is 2.24. The first kappa shape index (κ1) is 13.3. The van der Waals surface area contributed by atoms with Gasteiger partial charge in [-0.1, -0.05) is 24.3 Å². The minimum Gasteiger partial charge on any atom is -0.388 e. The van der Waals surface area contributed by atoms with Gasteiger partial charge in [0.15, 0.2) is 0 Å². The second kappa shape index (κ2) is 5.71. The number of hydrogen-bond donors (Lipinski definition) is 1. The summed E-state index contributed by atoms with van der Waals surface area (Å²) in [6.45, 7) is 0. The normalized spacial score (nSPS) is 19.4. The minimum atomic E-state index is -0.769. The molecule has 1 N–H and O–H groups in total. The highest BCUT2D eigenvalue weighted by atomic mass is 19.1. The van der Waals surface area contributed by atoms with Crippen LogP contribution in [0, 0.1) is 5.82 Å². The Labute approximate surface area is 118 Å². The number of aliphatic hydroxyl groups excluding tert-OH is 1. The van der Waals surface area contributed by atoms with E-state index in [4.69, 9.17) is 0 Å². The maximum atomic E-state index is 13.7. The molecular weight excluding hydrogens is 253 g/mol. The second-order valence-electron chi connectivity index (χ2n) is 5.44. The van der Waals surface area contributed by atoms with Crippen molar-refractivity contribution in [2.75, 3.05) is 0 Å². The maximum Gasteiger partial charge on any atom is 0.147 e. The van der Waals surface area contributed by atoms with Crippen LogP contribution >= 0.6 is 0 Å². The van der Waals surface area contributed by atoms with Crippen LogP contribution in [0.15, 0.2) is 42.7 Å². The zero-order valence-corrected chi connectivity index (χ0v) is 11.3. The van der Waals surface area contributed by atoms with E-state index in [1.807, 2.05) is 6.07 Å². The van der Waals surface area contributed by atoms with Crippen LogP contribution in [-0.2, 0) is 6.42 Å². The van der Waals surface area contributed by atoms with Crippen molar-refractivity contribution >= 4 is 0 Å². The molecule has 20 heavy (non-hydrogen) atoms. The molecule has 0 fully saturated rings. The molecule has 2 unspecified atom stereocenters. The lowest BCUT2D eigenvalue weighted by atomic mass is 9.79. The van der Waals surface area contributed by atoms with Crippen LogP contribution in [0.1, 0.15) is 48.0 Å². The van der Waals surface area contributed by atoms with Gasteiger partial charge >= 0.3 is 0 Å². The van der Waals surface area contributed by atoms with Crippen molar-refractivity contribution in [3.05, 3.63) is 65.2 Å². The zero-order valence-electron chi connectivity index (χ0n) is 11.3. The number of aliphatic hydroxyl groups is 1. The van der Waals surface area contributed by atoms with Gasteiger partial charge in [0.05, 0.1) is 12.3 Å². The quantitative estimate of drug-likeness (QED) is 0.922. The lowest BCUT2D eigenvalue weighted by Gasteiger charge is -2.27. The zero-order chi connectivity index (χ0) is 13.9. The molecule has 0 saturated heterocycles. The fourth-order valence-corrected chi connectivity index (χ4v) is 3.15. The first-order valence-corrected chi connectivity index (χ1v) is 7.11. The van der Waals surface area contributed by atoms with E-state index >= 15 is 0 Å². The largest absolute Gasteiger partial charge is 0.388 e. The van der Waals surface area contributed by atoms with Gasteiger partial charge in [0.2, 0.25) is 0 Å². The number of rotatable bonds is 3. The van der Waals surface area contributed by atoms with E-state index in [2.05, 4.69) is 23.2 Å². The van der Waals surface area contributed by atoms with Gasteiger partial charge in [0, 0.05) is 11.8 Å². The third-order valence-electron chi connectivity index (χ3n) is 4.16. The summed E-state index contributed by atoms with van der Waals surface area (Å²) in [6.07, 6.45) is 5.77. The number of aromatic nitrogens is 1. The topological polar surface area (TPSA) is 33.1 Å². The molecule has 0 spiro atoms. The smallest absolute Gasteiger partial charge is 0.147 e. The fraction of sp³-hybridized carbons (Fsp3) is 0.353. The standard InChI is InChI=1S/C17H18FNO/c18-16-11-19-9-8-15(16)17(20)10-13-6-3-5-12-4-1-2-7-14(12)13/h1-2,4,7-9,11,13,17,20H,3,5-6,10H2. The van der Waals surface area contributed by atoms with Gasteiger partial charge in [0.25, 0.3) is 0 Å². The Morgan fingerprint density at radius 3 is 3.00 bits per heavy atom. The molecule has 2 aromatic rings. The van der Waals surface area contributed by atoms with Crippen LogP contribution in [0.3, 0.4) is 0 Å². The van der Waals surface area contributed by atoms with E-state index in [1.165, 1.54) is 17.3 Å². The highest BCUT2D eigenvalue weighted by molar-refractivity contribution is 5.33. The van der Waals surface area contributed by atoms with Crippen molar-refractivity contribution in [1.82, 2.24) is 4.98 Å². The molecule has 2 atom stereocenters. The van der Waals surface area contributed by atoms with Crippen molar-refractivity contribution in [2.45, 2.75) is 37.7 Å². The second-order valence-corrected chi connectivity index (χ2v) is 5.44. The number of fused-ring (bicyclic) bond motifs is 1. The molecule has 3 rings (SSSR count). The molecular formula is C17H18FNO. The monoisotopic (exact) mass is 271 g/mol.